The molecule has 1 N–H and O–H groups in total. The number of amides is 3. The Kier molecular flexibility index (Phi) is 5.60. The van der Waals surface area contributed by atoms with Crippen LogP contribution in [0, 0.1) is 6.92 Å². The molecule has 1 fully saturated rings. The van der Waals surface area contributed by atoms with Crippen molar-refractivity contribution in [2.45, 2.75) is 25.8 Å². The molecule has 6 heteroatoms. The number of rotatable bonds is 7. The first-order valence-electron chi connectivity index (χ1n) is 7.19. The van der Waals surface area contributed by atoms with E-state index >= 15 is 0 Å². The van der Waals surface area contributed by atoms with Gasteiger partial charge in [-0.3, -0.25) is 14.5 Å². The SMILES string of the molecule is CSCCC1NC(=O)N(CC(=O)Cc2ccc(C)cc2)C1=O. The third-order valence-electron chi connectivity index (χ3n) is 3.57. The van der Waals surface area contributed by atoms with Crippen LogP contribution < -0.4 is 5.32 Å². The highest BCUT2D eigenvalue weighted by atomic mass is 32.2. The van der Waals surface area contributed by atoms with E-state index in [1.54, 1.807) is 11.8 Å². The van der Waals surface area contributed by atoms with Crippen LogP contribution in [0.25, 0.3) is 0 Å². The van der Waals surface area contributed by atoms with Gasteiger partial charge in [-0.15, -0.1) is 0 Å². The maximum Gasteiger partial charge on any atom is 0.325 e. The van der Waals surface area contributed by atoms with Crippen molar-refractivity contribution in [2.75, 3.05) is 18.6 Å². The fourth-order valence-corrected chi connectivity index (χ4v) is 2.80. The zero-order chi connectivity index (χ0) is 16.1. The normalized spacial score (nSPS) is 17.7. The molecule has 0 aliphatic carbocycles. The monoisotopic (exact) mass is 320 g/mol. The van der Waals surface area contributed by atoms with Gasteiger partial charge in [0.2, 0.25) is 0 Å². The number of Topliss-reactive ketones (excluding diaryl/α,β-unsaturated/α-hetero) is 1. The summed E-state index contributed by atoms with van der Waals surface area (Å²) in [4.78, 5) is 37.1. The molecule has 1 aliphatic heterocycles. The molecule has 118 valence electrons. The summed E-state index contributed by atoms with van der Waals surface area (Å²) < 4.78 is 0. The van der Waals surface area contributed by atoms with Crippen LogP contribution in [0.1, 0.15) is 17.5 Å². The third kappa shape index (κ3) is 4.10. The summed E-state index contributed by atoms with van der Waals surface area (Å²) in [6.45, 7) is 1.82. The van der Waals surface area contributed by atoms with Crippen molar-refractivity contribution in [1.29, 1.82) is 0 Å². The Morgan fingerprint density at radius 2 is 1.95 bits per heavy atom. The predicted molar refractivity (Wildman–Crippen MR) is 86.9 cm³/mol. The van der Waals surface area contributed by atoms with Crippen LogP contribution in [0.5, 0.6) is 0 Å². The first kappa shape index (κ1) is 16.5. The van der Waals surface area contributed by atoms with Crippen LogP contribution in [-0.4, -0.2) is 47.2 Å². The number of imide groups is 1. The van der Waals surface area contributed by atoms with Gasteiger partial charge in [0.1, 0.15) is 6.04 Å². The minimum absolute atomic E-state index is 0.141. The first-order chi connectivity index (χ1) is 10.5. The number of benzene rings is 1. The highest BCUT2D eigenvalue weighted by Gasteiger charge is 2.38. The molecule has 0 saturated carbocycles. The fourth-order valence-electron chi connectivity index (χ4n) is 2.32. The topological polar surface area (TPSA) is 66.5 Å². The van der Waals surface area contributed by atoms with Crippen LogP contribution in [0.15, 0.2) is 24.3 Å². The minimum atomic E-state index is -0.493. The molecule has 0 aromatic heterocycles. The molecule has 1 aromatic rings. The van der Waals surface area contributed by atoms with Crippen molar-refractivity contribution in [1.82, 2.24) is 10.2 Å². The maximum atomic E-state index is 12.1. The summed E-state index contributed by atoms with van der Waals surface area (Å²) >= 11 is 1.62. The molecule has 1 unspecified atom stereocenters. The van der Waals surface area contributed by atoms with Crippen molar-refractivity contribution in [3.8, 4) is 0 Å². The highest BCUT2D eigenvalue weighted by molar-refractivity contribution is 7.98. The van der Waals surface area contributed by atoms with E-state index < -0.39 is 12.1 Å². The van der Waals surface area contributed by atoms with E-state index in [2.05, 4.69) is 5.32 Å². The highest BCUT2D eigenvalue weighted by Crippen LogP contribution is 2.12. The summed E-state index contributed by atoms with van der Waals surface area (Å²) in [6, 6.07) is 6.70. The minimum Gasteiger partial charge on any atom is -0.326 e. The largest absolute Gasteiger partial charge is 0.326 e. The lowest BCUT2D eigenvalue weighted by Crippen LogP contribution is -2.36. The Balaban J connectivity index is 1.92. The Morgan fingerprint density at radius 3 is 2.59 bits per heavy atom. The van der Waals surface area contributed by atoms with Gasteiger partial charge in [-0.05, 0) is 30.9 Å². The maximum absolute atomic E-state index is 12.1. The van der Waals surface area contributed by atoms with Gasteiger partial charge in [-0.2, -0.15) is 11.8 Å². The van der Waals surface area contributed by atoms with Gasteiger partial charge in [0.15, 0.2) is 5.78 Å². The molecule has 1 aromatic carbocycles. The second kappa shape index (κ2) is 7.45. The lowest BCUT2D eigenvalue weighted by Gasteiger charge is -2.12. The molecule has 0 radical (unpaired) electrons. The third-order valence-corrected chi connectivity index (χ3v) is 4.22. The van der Waals surface area contributed by atoms with E-state index in [0.29, 0.717) is 6.42 Å². The molecule has 1 atom stereocenters. The fraction of sp³-hybridized carbons (Fsp3) is 0.438. The molecule has 1 heterocycles. The van der Waals surface area contributed by atoms with E-state index in [0.717, 1.165) is 21.8 Å². The Hall–Kier alpha value is -1.82. The number of carbonyl (C=O) groups is 3. The first-order valence-corrected chi connectivity index (χ1v) is 8.58. The standard InChI is InChI=1S/C16H20N2O3S/c1-11-3-5-12(6-4-11)9-13(19)10-18-15(20)14(7-8-22-2)17-16(18)21/h3-6,14H,7-10H2,1-2H3,(H,17,21). The van der Waals surface area contributed by atoms with Crippen molar-refractivity contribution in [3.63, 3.8) is 0 Å². The average molecular weight is 320 g/mol. The average Bonchev–Trinajstić information content (AvgIpc) is 2.75. The number of hydrogen-bond donors (Lipinski definition) is 1. The van der Waals surface area contributed by atoms with E-state index in [1.807, 2.05) is 37.4 Å². The summed E-state index contributed by atoms with van der Waals surface area (Å²) in [7, 11) is 0. The zero-order valence-electron chi connectivity index (χ0n) is 12.8. The number of nitrogens with one attached hydrogen (secondary N) is 1. The van der Waals surface area contributed by atoms with Crippen LogP contribution >= 0.6 is 11.8 Å². The quantitative estimate of drug-likeness (QED) is 0.778. The van der Waals surface area contributed by atoms with Crippen LogP contribution in [-0.2, 0) is 16.0 Å². The van der Waals surface area contributed by atoms with Crippen molar-refractivity contribution in [3.05, 3.63) is 35.4 Å². The summed E-state index contributed by atoms with van der Waals surface area (Å²) in [5.74, 6) is 0.358. The Bertz CT molecular complexity index is 571. The number of carbonyl (C=O) groups excluding carboxylic acids is 3. The molecule has 22 heavy (non-hydrogen) atoms. The lowest BCUT2D eigenvalue weighted by molar-refractivity contribution is -0.131. The zero-order valence-corrected chi connectivity index (χ0v) is 13.6. The number of hydrogen-bond acceptors (Lipinski definition) is 4. The smallest absolute Gasteiger partial charge is 0.325 e. The molecule has 5 nitrogen and oxygen atoms in total. The van der Waals surface area contributed by atoms with E-state index in [4.69, 9.17) is 0 Å². The number of thioether (sulfide) groups is 1. The Labute approximate surface area is 134 Å². The number of aryl methyl sites for hydroxylation is 1. The van der Waals surface area contributed by atoms with Crippen molar-refractivity contribution >= 4 is 29.5 Å². The van der Waals surface area contributed by atoms with Gasteiger partial charge in [0.25, 0.3) is 5.91 Å². The molecule has 2 rings (SSSR count). The summed E-state index contributed by atoms with van der Waals surface area (Å²) in [5, 5.41) is 2.64. The summed E-state index contributed by atoms with van der Waals surface area (Å²) in [6.07, 6.45) is 2.77. The van der Waals surface area contributed by atoms with Crippen LogP contribution in [0.2, 0.25) is 0 Å². The van der Waals surface area contributed by atoms with Crippen molar-refractivity contribution < 1.29 is 14.4 Å². The number of nitrogens with zero attached hydrogens (tertiary/aromatic N) is 1. The van der Waals surface area contributed by atoms with E-state index in [-0.39, 0.29) is 24.7 Å². The van der Waals surface area contributed by atoms with Gasteiger partial charge >= 0.3 is 6.03 Å². The van der Waals surface area contributed by atoms with Gasteiger partial charge < -0.3 is 5.32 Å². The van der Waals surface area contributed by atoms with Crippen molar-refractivity contribution in [2.24, 2.45) is 0 Å². The van der Waals surface area contributed by atoms with Gasteiger partial charge in [0, 0.05) is 6.42 Å². The van der Waals surface area contributed by atoms with E-state index in [1.165, 1.54) is 0 Å². The molecule has 3 amide bonds. The van der Waals surface area contributed by atoms with Crippen LogP contribution in [0.4, 0.5) is 4.79 Å². The lowest BCUT2D eigenvalue weighted by atomic mass is 10.1. The Morgan fingerprint density at radius 1 is 1.27 bits per heavy atom. The van der Waals surface area contributed by atoms with Gasteiger partial charge in [0.05, 0.1) is 6.54 Å². The predicted octanol–water partition coefficient (Wildman–Crippen LogP) is 1.78. The second-order valence-corrected chi connectivity index (χ2v) is 6.39. The molecule has 0 spiro atoms. The summed E-state index contributed by atoms with van der Waals surface area (Å²) in [5.41, 5.74) is 2.02. The number of urea groups is 1. The molecular weight excluding hydrogens is 300 g/mol. The van der Waals surface area contributed by atoms with Crippen LogP contribution in [0.3, 0.4) is 0 Å². The molecule has 1 saturated heterocycles. The van der Waals surface area contributed by atoms with Gasteiger partial charge in [-0.25, -0.2) is 4.79 Å². The molecule has 1 aliphatic rings. The molecule has 0 bridgehead atoms. The number of ketones is 1. The van der Waals surface area contributed by atoms with E-state index in [9.17, 15) is 14.4 Å². The van der Waals surface area contributed by atoms with Gasteiger partial charge in [-0.1, -0.05) is 29.8 Å². The molecular formula is C16H20N2O3S. The second-order valence-electron chi connectivity index (χ2n) is 5.41.